The van der Waals surface area contributed by atoms with Crippen LogP contribution in [0.15, 0.2) is 30.3 Å². The number of carbonyl (C=O) groups excluding carboxylic acids is 1. The number of likely N-dealkylation sites (tertiary alicyclic amines) is 1. The van der Waals surface area contributed by atoms with Crippen molar-refractivity contribution in [2.24, 2.45) is 0 Å². The van der Waals surface area contributed by atoms with Gasteiger partial charge in [-0.3, -0.25) is 4.79 Å². The average molecular weight is 271 g/mol. The Morgan fingerprint density at radius 3 is 2.65 bits per heavy atom. The average Bonchev–Trinajstić information content (AvgIpc) is 3.00. The van der Waals surface area contributed by atoms with Gasteiger partial charge in [0, 0.05) is 29.4 Å². The molecule has 4 heteroatoms. The van der Waals surface area contributed by atoms with Crippen LogP contribution in [0.5, 0.6) is 11.5 Å². The smallest absolute Gasteiger partial charge is 0.254 e. The van der Waals surface area contributed by atoms with E-state index < -0.39 is 0 Å². The molecule has 4 nitrogen and oxygen atoms in total. The summed E-state index contributed by atoms with van der Waals surface area (Å²) in [6.45, 7) is 1.59. The third-order valence-corrected chi connectivity index (χ3v) is 3.79. The fraction of sp³-hybridized carbons (Fsp3) is 0.312. The minimum Gasteiger partial charge on any atom is -0.507 e. The van der Waals surface area contributed by atoms with Crippen LogP contribution in [-0.2, 0) is 0 Å². The maximum absolute atomic E-state index is 12.4. The normalized spacial score (nSPS) is 14.8. The lowest BCUT2D eigenvalue weighted by atomic mass is 10.0. The summed E-state index contributed by atoms with van der Waals surface area (Å²) < 4.78 is 5.31. The molecule has 1 amide bonds. The summed E-state index contributed by atoms with van der Waals surface area (Å²) >= 11 is 0. The van der Waals surface area contributed by atoms with Gasteiger partial charge in [-0.05, 0) is 31.0 Å². The number of hydrogen-bond donors (Lipinski definition) is 1. The number of nitrogens with zero attached hydrogens (tertiary/aromatic N) is 1. The summed E-state index contributed by atoms with van der Waals surface area (Å²) in [5.41, 5.74) is 0.515. The van der Waals surface area contributed by atoms with Crippen molar-refractivity contribution in [2.75, 3.05) is 20.2 Å². The fourth-order valence-electron chi connectivity index (χ4n) is 2.74. The number of fused-ring (bicyclic) bond motifs is 1. The predicted molar refractivity (Wildman–Crippen MR) is 77.3 cm³/mol. The van der Waals surface area contributed by atoms with E-state index in [2.05, 4.69) is 0 Å². The number of phenols is 1. The van der Waals surface area contributed by atoms with E-state index in [-0.39, 0.29) is 11.7 Å². The molecule has 0 unspecified atom stereocenters. The summed E-state index contributed by atoms with van der Waals surface area (Å²) in [7, 11) is 1.58. The SMILES string of the molecule is COc1cccc2c(O)cc(C(=O)N3CCCC3)cc12. The Bertz CT molecular complexity index is 660. The van der Waals surface area contributed by atoms with Gasteiger partial charge in [0.25, 0.3) is 5.91 Å². The number of aromatic hydroxyl groups is 1. The topological polar surface area (TPSA) is 49.8 Å². The summed E-state index contributed by atoms with van der Waals surface area (Å²) in [6, 6.07) is 8.81. The molecule has 20 heavy (non-hydrogen) atoms. The van der Waals surface area contributed by atoms with Crippen LogP contribution in [0.1, 0.15) is 23.2 Å². The molecular formula is C16H17NO3. The van der Waals surface area contributed by atoms with Crippen LogP contribution in [0.2, 0.25) is 0 Å². The molecule has 0 radical (unpaired) electrons. The molecular weight excluding hydrogens is 254 g/mol. The Morgan fingerprint density at radius 2 is 1.95 bits per heavy atom. The van der Waals surface area contributed by atoms with Crippen LogP contribution < -0.4 is 4.74 Å². The van der Waals surface area contributed by atoms with Crippen molar-refractivity contribution in [3.63, 3.8) is 0 Å². The van der Waals surface area contributed by atoms with E-state index in [9.17, 15) is 9.90 Å². The molecule has 2 aromatic rings. The molecule has 0 saturated carbocycles. The van der Waals surface area contributed by atoms with E-state index in [1.165, 1.54) is 0 Å². The maximum Gasteiger partial charge on any atom is 0.254 e. The fourth-order valence-corrected chi connectivity index (χ4v) is 2.74. The molecule has 1 fully saturated rings. The summed E-state index contributed by atoms with van der Waals surface area (Å²) in [5, 5.41) is 11.6. The molecule has 1 aliphatic rings. The summed E-state index contributed by atoms with van der Waals surface area (Å²) in [4.78, 5) is 14.2. The highest BCUT2D eigenvalue weighted by Crippen LogP contribution is 2.33. The monoisotopic (exact) mass is 271 g/mol. The number of carbonyl (C=O) groups is 1. The number of phenolic OH excluding ortho intramolecular Hbond substituents is 1. The quantitative estimate of drug-likeness (QED) is 0.913. The largest absolute Gasteiger partial charge is 0.507 e. The first-order valence-electron chi connectivity index (χ1n) is 6.79. The van der Waals surface area contributed by atoms with Crippen molar-refractivity contribution in [2.45, 2.75) is 12.8 Å². The molecule has 3 rings (SSSR count). The Morgan fingerprint density at radius 1 is 1.20 bits per heavy atom. The highest BCUT2D eigenvalue weighted by atomic mass is 16.5. The molecule has 1 N–H and O–H groups in total. The summed E-state index contributed by atoms with van der Waals surface area (Å²) in [6.07, 6.45) is 2.10. The number of benzene rings is 2. The van der Waals surface area contributed by atoms with Crippen molar-refractivity contribution >= 4 is 16.7 Å². The van der Waals surface area contributed by atoms with E-state index in [4.69, 9.17) is 4.74 Å². The van der Waals surface area contributed by atoms with Gasteiger partial charge >= 0.3 is 0 Å². The highest BCUT2D eigenvalue weighted by Gasteiger charge is 2.21. The molecule has 104 valence electrons. The molecule has 1 aliphatic heterocycles. The molecule has 0 aromatic heterocycles. The first-order valence-corrected chi connectivity index (χ1v) is 6.79. The molecule has 1 saturated heterocycles. The van der Waals surface area contributed by atoms with Crippen molar-refractivity contribution in [1.29, 1.82) is 0 Å². The second-order valence-corrected chi connectivity index (χ2v) is 5.05. The van der Waals surface area contributed by atoms with Crippen molar-refractivity contribution in [3.05, 3.63) is 35.9 Å². The van der Waals surface area contributed by atoms with Gasteiger partial charge < -0.3 is 14.7 Å². The highest BCUT2D eigenvalue weighted by molar-refractivity contribution is 6.02. The zero-order valence-corrected chi connectivity index (χ0v) is 11.4. The lowest BCUT2D eigenvalue weighted by Crippen LogP contribution is -2.27. The third kappa shape index (κ3) is 2.07. The Kier molecular flexibility index (Phi) is 3.22. The van der Waals surface area contributed by atoms with E-state index in [1.807, 2.05) is 23.1 Å². The Hall–Kier alpha value is -2.23. The second-order valence-electron chi connectivity index (χ2n) is 5.05. The van der Waals surface area contributed by atoms with Gasteiger partial charge in [0.15, 0.2) is 0 Å². The lowest BCUT2D eigenvalue weighted by molar-refractivity contribution is 0.0792. The summed E-state index contributed by atoms with van der Waals surface area (Å²) in [5.74, 6) is 0.753. The first kappa shape index (κ1) is 12.8. The van der Waals surface area contributed by atoms with E-state index in [1.54, 1.807) is 19.2 Å². The van der Waals surface area contributed by atoms with Crippen LogP contribution >= 0.6 is 0 Å². The molecule has 0 atom stereocenters. The number of ether oxygens (including phenoxy) is 1. The van der Waals surface area contributed by atoms with Gasteiger partial charge in [-0.15, -0.1) is 0 Å². The van der Waals surface area contributed by atoms with Crippen LogP contribution in [0.3, 0.4) is 0 Å². The van der Waals surface area contributed by atoms with Gasteiger partial charge in [0.05, 0.1) is 7.11 Å². The van der Waals surface area contributed by atoms with Gasteiger partial charge in [-0.1, -0.05) is 12.1 Å². The van der Waals surface area contributed by atoms with Gasteiger partial charge in [0.1, 0.15) is 11.5 Å². The molecule has 0 spiro atoms. The van der Waals surface area contributed by atoms with Crippen LogP contribution in [0, 0.1) is 0 Å². The zero-order valence-electron chi connectivity index (χ0n) is 11.4. The molecule has 0 aliphatic carbocycles. The maximum atomic E-state index is 12.4. The zero-order chi connectivity index (χ0) is 14.1. The van der Waals surface area contributed by atoms with Crippen molar-refractivity contribution in [3.8, 4) is 11.5 Å². The molecule has 0 bridgehead atoms. The minimum absolute atomic E-state index is 0.0226. The number of hydrogen-bond acceptors (Lipinski definition) is 3. The van der Waals surface area contributed by atoms with Gasteiger partial charge in [-0.25, -0.2) is 0 Å². The Balaban J connectivity index is 2.10. The lowest BCUT2D eigenvalue weighted by Gasteiger charge is -2.16. The van der Waals surface area contributed by atoms with Crippen molar-refractivity contribution in [1.82, 2.24) is 4.90 Å². The predicted octanol–water partition coefficient (Wildman–Crippen LogP) is 2.79. The number of rotatable bonds is 2. The first-order chi connectivity index (χ1) is 9.70. The van der Waals surface area contributed by atoms with E-state index in [0.29, 0.717) is 16.7 Å². The van der Waals surface area contributed by atoms with Crippen LogP contribution in [-0.4, -0.2) is 36.1 Å². The van der Waals surface area contributed by atoms with Gasteiger partial charge in [0.2, 0.25) is 0 Å². The Labute approximate surface area is 117 Å². The van der Waals surface area contributed by atoms with Crippen LogP contribution in [0.4, 0.5) is 0 Å². The molecule has 1 heterocycles. The van der Waals surface area contributed by atoms with Crippen molar-refractivity contribution < 1.29 is 14.6 Å². The number of amides is 1. The van der Waals surface area contributed by atoms with E-state index >= 15 is 0 Å². The number of methoxy groups -OCH3 is 1. The van der Waals surface area contributed by atoms with Crippen LogP contribution in [0.25, 0.3) is 10.8 Å². The molecule has 2 aromatic carbocycles. The standard InChI is InChI=1S/C16H17NO3/c1-20-15-6-4-5-12-13(15)9-11(10-14(12)18)16(19)17-7-2-3-8-17/h4-6,9-10,18H,2-3,7-8H2,1H3. The minimum atomic E-state index is -0.0226. The van der Waals surface area contributed by atoms with Gasteiger partial charge in [-0.2, -0.15) is 0 Å². The van der Waals surface area contributed by atoms with E-state index in [0.717, 1.165) is 31.3 Å². The third-order valence-electron chi connectivity index (χ3n) is 3.79. The second kappa shape index (κ2) is 5.04.